The van der Waals surface area contributed by atoms with E-state index < -0.39 is 13.2 Å². The smallest absolute Gasteiger partial charge is 0.526 e. The van der Waals surface area contributed by atoms with Gasteiger partial charge in [-0.05, 0) is 38.3 Å². The molecule has 0 aromatic heterocycles. The van der Waals surface area contributed by atoms with E-state index in [9.17, 15) is 19.7 Å². The maximum absolute atomic E-state index is 11.9. The molecule has 22 heavy (non-hydrogen) atoms. The number of rotatable bonds is 6. The molecular formula is C16H21BO5. The molecule has 0 amide bonds. The molecule has 6 heteroatoms. The molecule has 1 aliphatic rings. The molecule has 0 saturated heterocycles. The van der Waals surface area contributed by atoms with Crippen molar-refractivity contribution in [3.8, 4) is 5.75 Å². The number of fused-ring (bicyclic) bond motifs is 1. The van der Waals surface area contributed by atoms with Crippen LogP contribution < -0.4 is 4.65 Å². The Labute approximate surface area is 130 Å². The number of para-hydroxylation sites is 1. The van der Waals surface area contributed by atoms with E-state index in [0.29, 0.717) is 30.6 Å². The van der Waals surface area contributed by atoms with E-state index in [4.69, 9.17) is 4.65 Å². The van der Waals surface area contributed by atoms with Gasteiger partial charge in [-0.15, -0.1) is 0 Å². The molecule has 1 unspecified atom stereocenters. The lowest BCUT2D eigenvalue weighted by atomic mass is 9.64. The summed E-state index contributed by atoms with van der Waals surface area (Å²) in [5.41, 5.74) is 1.29. The maximum atomic E-state index is 11.9. The number of benzene rings is 1. The average molecular weight is 304 g/mol. The third-order valence-electron chi connectivity index (χ3n) is 3.93. The van der Waals surface area contributed by atoms with Gasteiger partial charge in [0.2, 0.25) is 0 Å². The molecule has 118 valence electrons. The van der Waals surface area contributed by atoms with Crippen LogP contribution in [-0.2, 0) is 11.2 Å². The summed E-state index contributed by atoms with van der Waals surface area (Å²) in [5.74, 6) is -0.0124. The monoisotopic (exact) mass is 304 g/mol. The summed E-state index contributed by atoms with van der Waals surface area (Å²) >= 11 is 0. The van der Waals surface area contributed by atoms with E-state index in [1.807, 2.05) is 6.07 Å². The van der Waals surface area contributed by atoms with Crippen molar-refractivity contribution in [1.82, 2.24) is 0 Å². The van der Waals surface area contributed by atoms with E-state index in [0.717, 1.165) is 5.56 Å². The highest BCUT2D eigenvalue weighted by molar-refractivity contribution is 6.47. The van der Waals surface area contributed by atoms with Crippen molar-refractivity contribution in [2.24, 2.45) is 0 Å². The fourth-order valence-corrected chi connectivity index (χ4v) is 2.70. The van der Waals surface area contributed by atoms with Crippen LogP contribution in [0.4, 0.5) is 0 Å². The molecule has 0 spiro atoms. The second-order valence-electron chi connectivity index (χ2n) is 5.95. The number of hydrogen-bond donors (Lipinski definition) is 2. The van der Waals surface area contributed by atoms with Crippen molar-refractivity contribution >= 4 is 18.7 Å². The van der Waals surface area contributed by atoms with Crippen molar-refractivity contribution in [2.45, 2.75) is 51.5 Å². The molecular weight excluding hydrogens is 283 g/mol. The van der Waals surface area contributed by atoms with Gasteiger partial charge in [-0.1, -0.05) is 12.1 Å². The summed E-state index contributed by atoms with van der Waals surface area (Å²) in [6.07, 6.45) is 0.917. The highest BCUT2D eigenvalue weighted by Gasteiger charge is 2.37. The largest absolute Gasteiger partial charge is 0.535 e. The molecule has 0 aliphatic carbocycles. The summed E-state index contributed by atoms with van der Waals surface area (Å²) in [7, 11) is -1.09. The zero-order valence-electron chi connectivity index (χ0n) is 12.9. The summed E-state index contributed by atoms with van der Waals surface area (Å²) in [4.78, 5) is 23.5. The van der Waals surface area contributed by atoms with Crippen LogP contribution in [0.1, 0.15) is 49.0 Å². The van der Waals surface area contributed by atoms with Crippen LogP contribution in [0, 0.1) is 0 Å². The Bertz CT molecular complexity index is 570. The van der Waals surface area contributed by atoms with Crippen molar-refractivity contribution in [2.75, 3.05) is 0 Å². The minimum absolute atomic E-state index is 0.000257. The van der Waals surface area contributed by atoms with Crippen molar-refractivity contribution in [3.63, 3.8) is 0 Å². The number of ketones is 2. The Hall–Kier alpha value is -1.66. The van der Waals surface area contributed by atoms with E-state index in [1.54, 1.807) is 19.1 Å². The van der Waals surface area contributed by atoms with Gasteiger partial charge in [0, 0.05) is 18.7 Å². The first kappa shape index (κ1) is 16.7. The molecule has 0 saturated carbocycles. The lowest BCUT2D eigenvalue weighted by Gasteiger charge is -2.28. The van der Waals surface area contributed by atoms with Crippen molar-refractivity contribution < 1.29 is 24.4 Å². The normalized spacial score (nSPS) is 18.4. The fourth-order valence-electron chi connectivity index (χ4n) is 2.70. The molecule has 5 nitrogen and oxygen atoms in total. The molecule has 0 bridgehead atoms. The molecule has 2 atom stereocenters. The number of aliphatic hydroxyl groups excluding tert-OH is 1. The summed E-state index contributed by atoms with van der Waals surface area (Å²) in [5, 5.41) is 19.3. The van der Waals surface area contributed by atoms with Crippen LogP contribution >= 0.6 is 0 Å². The minimum Gasteiger partial charge on any atom is -0.535 e. The lowest BCUT2D eigenvalue weighted by molar-refractivity contribution is -0.119. The zero-order chi connectivity index (χ0) is 16.3. The van der Waals surface area contributed by atoms with Gasteiger partial charge < -0.3 is 14.8 Å². The average Bonchev–Trinajstić information content (AvgIpc) is 2.45. The van der Waals surface area contributed by atoms with Crippen LogP contribution in [-0.4, -0.2) is 34.9 Å². The van der Waals surface area contributed by atoms with Gasteiger partial charge in [0.05, 0.1) is 11.7 Å². The molecule has 1 aliphatic heterocycles. The second-order valence-corrected chi connectivity index (χ2v) is 5.95. The number of hydrogen-bond acceptors (Lipinski definition) is 5. The second kappa shape index (κ2) is 7.07. The Morgan fingerprint density at radius 3 is 2.82 bits per heavy atom. The Morgan fingerprint density at radius 2 is 2.18 bits per heavy atom. The highest BCUT2D eigenvalue weighted by atomic mass is 16.5. The topological polar surface area (TPSA) is 83.8 Å². The van der Waals surface area contributed by atoms with Crippen molar-refractivity contribution in [1.29, 1.82) is 0 Å². The molecule has 0 fully saturated rings. The molecule has 1 aromatic rings. The Balaban J connectivity index is 2.08. The first-order valence-electron chi connectivity index (χ1n) is 7.55. The van der Waals surface area contributed by atoms with Gasteiger partial charge in [0.1, 0.15) is 11.5 Å². The summed E-state index contributed by atoms with van der Waals surface area (Å²) in [6, 6.07) is 5.30. The van der Waals surface area contributed by atoms with Gasteiger partial charge in [-0.3, -0.25) is 9.59 Å². The molecule has 2 rings (SSSR count). The number of carbonyl (C=O) groups is 2. The number of Topliss-reactive ketones (excluding diaryl/α,β-unsaturated/α-hetero) is 2. The van der Waals surface area contributed by atoms with Crippen LogP contribution in [0.25, 0.3) is 0 Å². The number of aliphatic hydroxyl groups is 1. The zero-order valence-corrected chi connectivity index (χ0v) is 12.9. The maximum Gasteiger partial charge on any atom is 0.526 e. The summed E-state index contributed by atoms with van der Waals surface area (Å²) in [6.45, 7) is 3.10. The molecule has 1 heterocycles. The van der Waals surface area contributed by atoms with Crippen LogP contribution in [0.5, 0.6) is 5.75 Å². The standard InChI is InChI=1S/C16H21BO5/c1-10(18)6-7-14(20)9-13-8-12-4-3-5-15(11(2)19)16(12)22-17(13)21/h3-5,10,13,18,21H,6-9H2,1-2H3/t10?,13-/m1/s1. The Morgan fingerprint density at radius 1 is 1.45 bits per heavy atom. The third-order valence-corrected chi connectivity index (χ3v) is 3.93. The predicted molar refractivity (Wildman–Crippen MR) is 83.0 cm³/mol. The molecule has 0 radical (unpaired) electrons. The van der Waals surface area contributed by atoms with E-state index >= 15 is 0 Å². The predicted octanol–water partition coefficient (Wildman–Crippen LogP) is 1.79. The van der Waals surface area contributed by atoms with Gasteiger partial charge in [-0.2, -0.15) is 0 Å². The molecule has 1 aromatic carbocycles. The summed E-state index contributed by atoms with van der Waals surface area (Å²) < 4.78 is 5.50. The quantitative estimate of drug-likeness (QED) is 0.618. The first-order valence-corrected chi connectivity index (χ1v) is 7.55. The highest BCUT2D eigenvalue weighted by Crippen LogP contribution is 2.36. The minimum atomic E-state index is -1.09. The van der Waals surface area contributed by atoms with Gasteiger partial charge in [0.15, 0.2) is 5.78 Å². The third kappa shape index (κ3) is 3.96. The van der Waals surface area contributed by atoms with Crippen LogP contribution in [0.15, 0.2) is 18.2 Å². The fraction of sp³-hybridized carbons (Fsp3) is 0.500. The SMILES string of the molecule is CC(=O)c1cccc2c1OB(O)[C@@H](CC(=O)CCC(C)O)C2. The number of carbonyl (C=O) groups excluding carboxylic acids is 2. The van der Waals surface area contributed by atoms with Crippen molar-refractivity contribution in [3.05, 3.63) is 29.3 Å². The van der Waals surface area contributed by atoms with Gasteiger partial charge in [0.25, 0.3) is 0 Å². The first-order chi connectivity index (χ1) is 10.4. The van der Waals surface area contributed by atoms with E-state index in [1.165, 1.54) is 6.92 Å². The van der Waals surface area contributed by atoms with Crippen LogP contribution in [0.3, 0.4) is 0 Å². The van der Waals surface area contributed by atoms with E-state index in [-0.39, 0.29) is 23.8 Å². The molecule has 2 N–H and O–H groups in total. The lowest BCUT2D eigenvalue weighted by Crippen LogP contribution is -2.35. The van der Waals surface area contributed by atoms with Crippen LogP contribution in [0.2, 0.25) is 5.82 Å². The van der Waals surface area contributed by atoms with E-state index in [2.05, 4.69) is 0 Å². The van der Waals surface area contributed by atoms with Gasteiger partial charge in [-0.25, -0.2) is 0 Å². The van der Waals surface area contributed by atoms with Gasteiger partial charge >= 0.3 is 7.12 Å². The Kier molecular flexibility index (Phi) is 5.37.